The van der Waals surface area contributed by atoms with Crippen LogP contribution in [0.3, 0.4) is 0 Å². The van der Waals surface area contributed by atoms with Gasteiger partial charge in [0, 0.05) is 25.0 Å². The van der Waals surface area contributed by atoms with Gasteiger partial charge in [-0.2, -0.15) is 0 Å². The fourth-order valence-corrected chi connectivity index (χ4v) is 4.01. The number of carbonyl (C=O) groups is 2. The molecule has 0 heterocycles. The predicted molar refractivity (Wildman–Crippen MR) is 72.7 cm³/mol. The van der Waals surface area contributed by atoms with Gasteiger partial charge in [-0.1, -0.05) is 20.8 Å². The first-order valence-electron chi connectivity index (χ1n) is 7.04. The van der Waals surface area contributed by atoms with Gasteiger partial charge < -0.3 is 10.1 Å². The number of methoxy groups -OCH3 is 1. The van der Waals surface area contributed by atoms with Crippen molar-refractivity contribution in [2.24, 2.45) is 16.2 Å². The topological polar surface area (TPSA) is 55.4 Å². The molecule has 1 amide bonds. The summed E-state index contributed by atoms with van der Waals surface area (Å²) in [6, 6.07) is -0.0229. The highest BCUT2D eigenvalue weighted by Crippen LogP contribution is 2.70. The van der Waals surface area contributed by atoms with Crippen molar-refractivity contribution in [3.05, 3.63) is 0 Å². The van der Waals surface area contributed by atoms with Crippen LogP contribution in [0.25, 0.3) is 0 Å². The fraction of sp³-hybridized carbons (Fsp3) is 0.867. The van der Waals surface area contributed by atoms with Crippen LogP contribution in [-0.2, 0) is 14.3 Å². The number of hydrogen-bond acceptors (Lipinski definition) is 3. The molecule has 2 rings (SSSR count). The van der Waals surface area contributed by atoms with E-state index >= 15 is 0 Å². The van der Waals surface area contributed by atoms with Crippen LogP contribution in [0.5, 0.6) is 0 Å². The first-order valence-corrected chi connectivity index (χ1v) is 7.04. The number of ketones is 1. The molecule has 0 aromatic carbocycles. The summed E-state index contributed by atoms with van der Waals surface area (Å²) in [5, 5.41) is 3.02. The van der Waals surface area contributed by atoms with E-state index < -0.39 is 5.41 Å². The molecule has 0 unspecified atom stereocenters. The highest BCUT2D eigenvalue weighted by Gasteiger charge is 2.72. The maximum absolute atomic E-state index is 12.7. The number of carbonyl (C=O) groups excluding carboxylic acids is 2. The van der Waals surface area contributed by atoms with Crippen molar-refractivity contribution in [2.45, 2.75) is 53.0 Å². The zero-order chi connectivity index (χ0) is 14.5. The van der Waals surface area contributed by atoms with Crippen LogP contribution in [0.4, 0.5) is 0 Å². The Morgan fingerprint density at radius 2 is 2.00 bits per heavy atom. The Morgan fingerprint density at radius 1 is 1.37 bits per heavy atom. The smallest absolute Gasteiger partial charge is 0.227 e. The molecule has 4 nitrogen and oxygen atoms in total. The van der Waals surface area contributed by atoms with Gasteiger partial charge in [0.2, 0.25) is 5.91 Å². The molecule has 19 heavy (non-hydrogen) atoms. The second-order valence-electron chi connectivity index (χ2n) is 6.97. The lowest BCUT2D eigenvalue weighted by Gasteiger charge is -2.39. The Kier molecular flexibility index (Phi) is 3.28. The number of hydrogen-bond donors (Lipinski definition) is 1. The number of nitrogens with one attached hydrogen (secondary N) is 1. The minimum Gasteiger partial charge on any atom is -0.383 e. The second-order valence-corrected chi connectivity index (χ2v) is 6.97. The molecule has 0 aromatic rings. The molecular formula is C15H25NO3. The SMILES string of the molecule is COC[C@H](C)NC(=O)[C@]12CC[C@](C)(C(=O)C1)C2(C)C. The fourth-order valence-electron chi connectivity index (χ4n) is 4.01. The lowest BCUT2D eigenvalue weighted by atomic mass is 9.64. The molecule has 2 bridgehead atoms. The van der Waals surface area contributed by atoms with Gasteiger partial charge in [0.25, 0.3) is 0 Å². The maximum atomic E-state index is 12.7. The number of rotatable bonds is 4. The highest BCUT2D eigenvalue weighted by atomic mass is 16.5. The Hall–Kier alpha value is -0.900. The van der Waals surface area contributed by atoms with Crippen molar-refractivity contribution >= 4 is 11.7 Å². The summed E-state index contributed by atoms with van der Waals surface area (Å²) in [4.78, 5) is 25.0. The van der Waals surface area contributed by atoms with E-state index in [2.05, 4.69) is 19.2 Å². The average Bonchev–Trinajstić information content (AvgIpc) is 2.59. The van der Waals surface area contributed by atoms with Gasteiger partial charge in [-0.25, -0.2) is 0 Å². The van der Waals surface area contributed by atoms with E-state index in [4.69, 9.17) is 4.74 Å². The van der Waals surface area contributed by atoms with Crippen LogP contribution < -0.4 is 5.32 Å². The summed E-state index contributed by atoms with van der Waals surface area (Å²) >= 11 is 0. The molecule has 0 aliphatic heterocycles. The predicted octanol–water partition coefficient (Wildman–Crippen LogP) is 1.92. The lowest BCUT2D eigenvalue weighted by Crippen LogP contribution is -2.50. The van der Waals surface area contributed by atoms with E-state index in [-0.39, 0.29) is 28.6 Å². The first-order chi connectivity index (χ1) is 8.71. The molecule has 0 radical (unpaired) electrons. The molecule has 0 saturated heterocycles. The number of fused-ring (bicyclic) bond motifs is 2. The van der Waals surface area contributed by atoms with Gasteiger partial charge in [-0.15, -0.1) is 0 Å². The molecule has 2 saturated carbocycles. The van der Waals surface area contributed by atoms with Crippen molar-refractivity contribution in [3.63, 3.8) is 0 Å². The number of amides is 1. The van der Waals surface area contributed by atoms with Crippen molar-refractivity contribution in [1.29, 1.82) is 0 Å². The minimum absolute atomic E-state index is 0.0229. The van der Waals surface area contributed by atoms with Crippen molar-refractivity contribution in [1.82, 2.24) is 5.32 Å². The monoisotopic (exact) mass is 267 g/mol. The summed E-state index contributed by atoms with van der Waals surface area (Å²) < 4.78 is 5.06. The maximum Gasteiger partial charge on any atom is 0.227 e. The largest absolute Gasteiger partial charge is 0.383 e. The van der Waals surface area contributed by atoms with Crippen LogP contribution in [0.15, 0.2) is 0 Å². The summed E-state index contributed by atoms with van der Waals surface area (Å²) in [5.41, 5.74) is -1.14. The van der Waals surface area contributed by atoms with E-state index in [1.54, 1.807) is 7.11 Å². The molecule has 108 valence electrons. The van der Waals surface area contributed by atoms with Gasteiger partial charge in [0.05, 0.1) is 12.0 Å². The summed E-state index contributed by atoms with van der Waals surface area (Å²) in [6.07, 6.45) is 2.03. The van der Waals surface area contributed by atoms with E-state index in [0.717, 1.165) is 12.8 Å². The molecule has 1 N–H and O–H groups in total. The summed E-state index contributed by atoms with van der Waals surface area (Å²) in [7, 11) is 1.62. The zero-order valence-electron chi connectivity index (χ0n) is 12.6. The highest BCUT2D eigenvalue weighted by molar-refractivity contribution is 5.99. The third-order valence-corrected chi connectivity index (χ3v) is 5.93. The molecular weight excluding hydrogens is 242 g/mol. The van der Waals surface area contributed by atoms with Gasteiger partial charge in [-0.05, 0) is 25.2 Å². The molecule has 0 spiro atoms. The van der Waals surface area contributed by atoms with Crippen molar-refractivity contribution in [2.75, 3.05) is 13.7 Å². The molecule has 3 atom stereocenters. The van der Waals surface area contributed by atoms with E-state index in [1.807, 2.05) is 13.8 Å². The Bertz CT molecular complexity index is 418. The Balaban J connectivity index is 2.24. The quantitative estimate of drug-likeness (QED) is 0.846. The third-order valence-electron chi connectivity index (χ3n) is 5.93. The Morgan fingerprint density at radius 3 is 2.42 bits per heavy atom. The summed E-state index contributed by atoms with van der Waals surface area (Å²) in [5.74, 6) is 0.273. The second kappa shape index (κ2) is 4.30. The minimum atomic E-state index is -0.527. The zero-order valence-corrected chi connectivity index (χ0v) is 12.6. The normalized spacial score (nSPS) is 37.4. The molecule has 2 fully saturated rings. The number of Topliss-reactive ketones (excluding diaryl/α,β-unsaturated/α-hetero) is 1. The third kappa shape index (κ3) is 1.69. The van der Waals surface area contributed by atoms with E-state index in [0.29, 0.717) is 13.0 Å². The van der Waals surface area contributed by atoms with E-state index in [1.165, 1.54) is 0 Å². The van der Waals surface area contributed by atoms with Gasteiger partial charge in [0.15, 0.2) is 0 Å². The molecule has 2 aliphatic carbocycles. The molecule has 4 heteroatoms. The van der Waals surface area contributed by atoms with Crippen LogP contribution in [0.2, 0.25) is 0 Å². The van der Waals surface area contributed by atoms with Gasteiger partial charge in [0.1, 0.15) is 5.78 Å². The average molecular weight is 267 g/mol. The van der Waals surface area contributed by atoms with Crippen LogP contribution >= 0.6 is 0 Å². The summed E-state index contributed by atoms with van der Waals surface area (Å²) in [6.45, 7) is 8.59. The van der Waals surface area contributed by atoms with E-state index in [9.17, 15) is 9.59 Å². The van der Waals surface area contributed by atoms with Gasteiger partial charge in [-0.3, -0.25) is 9.59 Å². The first kappa shape index (κ1) is 14.5. The van der Waals surface area contributed by atoms with Gasteiger partial charge >= 0.3 is 0 Å². The molecule has 2 aliphatic rings. The lowest BCUT2D eigenvalue weighted by molar-refractivity contribution is -0.137. The van der Waals surface area contributed by atoms with Crippen molar-refractivity contribution < 1.29 is 14.3 Å². The number of ether oxygens (including phenoxy) is 1. The Labute approximate surface area is 115 Å². The van der Waals surface area contributed by atoms with Crippen LogP contribution in [-0.4, -0.2) is 31.4 Å². The van der Waals surface area contributed by atoms with Crippen LogP contribution in [0, 0.1) is 16.2 Å². The molecule has 0 aromatic heterocycles. The van der Waals surface area contributed by atoms with Crippen LogP contribution in [0.1, 0.15) is 47.0 Å². The standard InChI is InChI=1S/C15H25NO3/c1-10(9-19-5)16-12(18)15-7-6-14(4,11(17)8-15)13(15,2)3/h10H,6-9H2,1-5H3,(H,16,18)/t10-,14+,15-/m0/s1. The van der Waals surface area contributed by atoms with Crippen molar-refractivity contribution in [3.8, 4) is 0 Å².